The van der Waals surface area contributed by atoms with Crippen LogP contribution in [0.4, 0.5) is 0 Å². The highest BCUT2D eigenvalue weighted by atomic mass is 14.7. The van der Waals surface area contributed by atoms with Crippen LogP contribution in [0.15, 0.2) is 11.6 Å². The van der Waals surface area contributed by atoms with Crippen molar-refractivity contribution in [3.63, 3.8) is 0 Å². The molecule has 2 fully saturated rings. The smallest absolute Gasteiger partial charge is 0.188 e. The van der Waals surface area contributed by atoms with Crippen molar-refractivity contribution in [2.24, 2.45) is 22.7 Å². The van der Waals surface area contributed by atoms with Gasteiger partial charge in [-0.2, -0.15) is 15.8 Å². The maximum atomic E-state index is 9.89. The van der Waals surface area contributed by atoms with Gasteiger partial charge in [0.1, 0.15) is 5.92 Å². The summed E-state index contributed by atoms with van der Waals surface area (Å²) < 4.78 is 0. The summed E-state index contributed by atoms with van der Waals surface area (Å²) >= 11 is 0. The predicted molar refractivity (Wildman–Crippen MR) is 81.4 cm³/mol. The number of nitrogens with one attached hydrogen (secondary N) is 1. The standard InChI is InChI=1S/C18H20N4/c19-10-14-13-6-2-3-7-15(13)17(8-4-1-5-9-17)18(11-20,12-21)16(14)22/h6,14-15,22H,1-5,7-9H2/t14-,15-/m1/s1. The number of nitrogens with zero attached hydrogens (tertiary/aromatic N) is 3. The van der Waals surface area contributed by atoms with Gasteiger partial charge in [0.2, 0.25) is 0 Å². The van der Waals surface area contributed by atoms with Crippen LogP contribution in [0, 0.1) is 62.1 Å². The number of allylic oxidation sites excluding steroid dienone is 2. The fourth-order valence-corrected chi connectivity index (χ4v) is 5.14. The van der Waals surface area contributed by atoms with Crippen LogP contribution in [-0.4, -0.2) is 5.71 Å². The Labute approximate surface area is 131 Å². The monoisotopic (exact) mass is 292 g/mol. The average molecular weight is 292 g/mol. The third-order valence-electron chi connectivity index (χ3n) is 6.13. The highest BCUT2D eigenvalue weighted by molar-refractivity contribution is 6.00. The molecule has 22 heavy (non-hydrogen) atoms. The lowest BCUT2D eigenvalue weighted by molar-refractivity contribution is 0.0394. The van der Waals surface area contributed by atoms with E-state index in [-0.39, 0.29) is 11.6 Å². The maximum absolute atomic E-state index is 9.89. The maximum Gasteiger partial charge on any atom is 0.188 e. The third kappa shape index (κ3) is 1.63. The third-order valence-corrected chi connectivity index (χ3v) is 6.13. The summed E-state index contributed by atoms with van der Waals surface area (Å²) in [5, 5.41) is 37.9. The lowest BCUT2D eigenvalue weighted by Gasteiger charge is -2.56. The molecule has 0 amide bonds. The van der Waals surface area contributed by atoms with E-state index in [1.165, 1.54) is 0 Å². The molecule has 0 aromatic rings. The topological polar surface area (TPSA) is 95.2 Å². The molecule has 0 unspecified atom stereocenters. The van der Waals surface area contributed by atoms with Crippen molar-refractivity contribution in [2.75, 3.05) is 0 Å². The molecule has 0 heterocycles. The molecule has 3 aliphatic rings. The second-order valence-electron chi connectivity index (χ2n) is 6.85. The predicted octanol–water partition coefficient (Wildman–Crippen LogP) is 3.87. The Kier molecular flexibility index (Phi) is 3.54. The molecule has 2 saturated carbocycles. The van der Waals surface area contributed by atoms with Crippen molar-refractivity contribution in [2.45, 2.75) is 51.4 Å². The van der Waals surface area contributed by atoms with Crippen LogP contribution < -0.4 is 0 Å². The Balaban J connectivity index is 2.25. The minimum absolute atomic E-state index is 0.0336. The van der Waals surface area contributed by atoms with Gasteiger partial charge in [-0.15, -0.1) is 0 Å². The molecule has 3 aliphatic carbocycles. The largest absolute Gasteiger partial charge is 0.305 e. The van der Waals surface area contributed by atoms with E-state index in [1.54, 1.807) is 0 Å². The van der Waals surface area contributed by atoms with Crippen molar-refractivity contribution in [1.29, 1.82) is 21.2 Å². The molecule has 0 bridgehead atoms. The van der Waals surface area contributed by atoms with Crippen molar-refractivity contribution < 1.29 is 0 Å². The van der Waals surface area contributed by atoms with Crippen LogP contribution in [0.1, 0.15) is 51.4 Å². The number of hydrogen-bond donors (Lipinski definition) is 1. The SMILES string of the molecule is N#C[C@H]1C(=N)C(C#N)(C#N)C2(CCCCC2)[C@@H]2CCCC=C12. The van der Waals surface area contributed by atoms with Gasteiger partial charge in [-0.3, -0.25) is 0 Å². The van der Waals surface area contributed by atoms with Crippen LogP contribution in [0.3, 0.4) is 0 Å². The molecule has 1 spiro atoms. The zero-order chi connectivity index (χ0) is 15.8. The zero-order valence-corrected chi connectivity index (χ0v) is 12.7. The van der Waals surface area contributed by atoms with Crippen LogP contribution in [-0.2, 0) is 0 Å². The molecule has 2 atom stereocenters. The van der Waals surface area contributed by atoms with Crippen LogP contribution in [0.5, 0.6) is 0 Å². The highest BCUT2D eigenvalue weighted by Crippen LogP contribution is 2.63. The quantitative estimate of drug-likeness (QED) is 0.686. The minimum Gasteiger partial charge on any atom is -0.305 e. The van der Waals surface area contributed by atoms with Crippen molar-refractivity contribution in [3.05, 3.63) is 11.6 Å². The van der Waals surface area contributed by atoms with E-state index in [9.17, 15) is 15.8 Å². The Morgan fingerprint density at radius 2 is 1.73 bits per heavy atom. The van der Waals surface area contributed by atoms with Crippen molar-refractivity contribution >= 4 is 5.71 Å². The molecule has 4 heteroatoms. The van der Waals surface area contributed by atoms with Gasteiger partial charge >= 0.3 is 0 Å². The lowest BCUT2D eigenvalue weighted by Crippen LogP contribution is -2.58. The van der Waals surface area contributed by atoms with Crippen LogP contribution >= 0.6 is 0 Å². The normalized spacial score (nSPS) is 32.0. The van der Waals surface area contributed by atoms with Crippen molar-refractivity contribution in [3.8, 4) is 18.2 Å². The summed E-state index contributed by atoms with van der Waals surface area (Å²) in [6.45, 7) is 0. The molecule has 0 aromatic carbocycles. The van der Waals surface area contributed by atoms with Gasteiger partial charge in [0, 0.05) is 5.41 Å². The molecule has 0 saturated heterocycles. The van der Waals surface area contributed by atoms with E-state index < -0.39 is 16.7 Å². The first-order chi connectivity index (χ1) is 10.7. The number of hydrogen-bond acceptors (Lipinski definition) is 4. The molecule has 0 aromatic heterocycles. The summed E-state index contributed by atoms with van der Waals surface area (Å²) in [6, 6.07) is 6.62. The Morgan fingerprint density at radius 3 is 2.32 bits per heavy atom. The summed E-state index contributed by atoms with van der Waals surface area (Å²) in [6.07, 6.45) is 9.88. The fourth-order valence-electron chi connectivity index (χ4n) is 5.14. The van der Waals surface area contributed by atoms with Gasteiger partial charge < -0.3 is 5.41 Å². The van der Waals surface area contributed by atoms with Gasteiger partial charge in [-0.05, 0) is 43.6 Å². The van der Waals surface area contributed by atoms with E-state index in [1.807, 2.05) is 0 Å². The fraction of sp³-hybridized carbons (Fsp3) is 0.667. The Bertz CT molecular complexity index is 632. The summed E-state index contributed by atoms with van der Waals surface area (Å²) in [4.78, 5) is 0. The van der Waals surface area contributed by atoms with E-state index in [0.717, 1.165) is 56.9 Å². The summed E-state index contributed by atoms with van der Waals surface area (Å²) in [5.74, 6) is -0.559. The van der Waals surface area contributed by atoms with Gasteiger partial charge in [0.15, 0.2) is 5.41 Å². The second kappa shape index (κ2) is 5.26. The Morgan fingerprint density at radius 1 is 1.05 bits per heavy atom. The minimum atomic E-state index is -1.42. The lowest BCUT2D eigenvalue weighted by atomic mass is 9.43. The molecule has 0 aliphatic heterocycles. The van der Waals surface area contributed by atoms with E-state index in [4.69, 9.17) is 5.41 Å². The van der Waals surface area contributed by atoms with Gasteiger partial charge in [-0.25, -0.2) is 0 Å². The van der Waals surface area contributed by atoms with E-state index >= 15 is 0 Å². The molecular weight excluding hydrogens is 272 g/mol. The first-order valence-corrected chi connectivity index (χ1v) is 8.18. The van der Waals surface area contributed by atoms with E-state index in [2.05, 4.69) is 24.3 Å². The molecule has 112 valence electrons. The number of rotatable bonds is 0. The van der Waals surface area contributed by atoms with Gasteiger partial charge in [0.05, 0.1) is 23.9 Å². The summed E-state index contributed by atoms with van der Waals surface area (Å²) in [5.41, 5.74) is -0.813. The average Bonchev–Trinajstić information content (AvgIpc) is 2.58. The van der Waals surface area contributed by atoms with Crippen LogP contribution in [0.2, 0.25) is 0 Å². The van der Waals surface area contributed by atoms with E-state index in [0.29, 0.717) is 0 Å². The molecular formula is C18H20N4. The summed E-state index contributed by atoms with van der Waals surface area (Å²) in [7, 11) is 0. The molecule has 1 N–H and O–H groups in total. The molecule has 4 nitrogen and oxygen atoms in total. The van der Waals surface area contributed by atoms with Gasteiger partial charge in [-0.1, -0.05) is 25.3 Å². The Hall–Kier alpha value is -2.12. The number of fused-ring (bicyclic) bond motifs is 2. The number of nitriles is 3. The molecule has 0 radical (unpaired) electrons. The van der Waals surface area contributed by atoms with Crippen molar-refractivity contribution in [1.82, 2.24) is 0 Å². The first kappa shape index (κ1) is 14.8. The first-order valence-electron chi connectivity index (χ1n) is 8.18. The second-order valence-corrected chi connectivity index (χ2v) is 6.85. The molecule has 3 rings (SSSR count). The van der Waals surface area contributed by atoms with Gasteiger partial charge in [0.25, 0.3) is 0 Å². The highest BCUT2D eigenvalue weighted by Gasteiger charge is 2.65. The zero-order valence-electron chi connectivity index (χ0n) is 12.7. The van der Waals surface area contributed by atoms with Crippen LogP contribution in [0.25, 0.3) is 0 Å².